The lowest BCUT2D eigenvalue weighted by atomic mass is 10.2. The average molecular weight is 450 g/mol. The van der Waals surface area contributed by atoms with E-state index >= 15 is 0 Å². The van der Waals surface area contributed by atoms with E-state index in [1.165, 1.54) is 11.8 Å². The van der Waals surface area contributed by atoms with Gasteiger partial charge in [0.25, 0.3) is 0 Å². The Hall–Kier alpha value is -2.20. The maximum absolute atomic E-state index is 12.2. The fourth-order valence-electron chi connectivity index (χ4n) is 2.87. The second-order valence-corrected chi connectivity index (χ2v) is 9.18. The van der Waals surface area contributed by atoms with Crippen LogP contribution in [-0.2, 0) is 11.3 Å². The summed E-state index contributed by atoms with van der Waals surface area (Å²) in [6.45, 7) is 7.70. The largest absolute Gasteiger partial charge is 0.497 e. The van der Waals surface area contributed by atoms with Gasteiger partial charge in [0, 0.05) is 18.4 Å². The van der Waals surface area contributed by atoms with E-state index in [1.807, 2.05) is 35.8 Å². The molecule has 0 radical (unpaired) electrons. The molecule has 1 aliphatic heterocycles. The van der Waals surface area contributed by atoms with Gasteiger partial charge in [-0.15, -0.1) is 10.2 Å². The van der Waals surface area contributed by atoms with Gasteiger partial charge >= 0.3 is 0 Å². The molecule has 30 heavy (non-hydrogen) atoms. The van der Waals surface area contributed by atoms with Crippen molar-refractivity contribution in [1.29, 1.82) is 0 Å². The highest BCUT2D eigenvalue weighted by Crippen LogP contribution is 2.27. The lowest BCUT2D eigenvalue weighted by molar-refractivity contribution is -0.117. The Morgan fingerprint density at radius 2 is 2.10 bits per heavy atom. The van der Waals surface area contributed by atoms with Gasteiger partial charge in [0.1, 0.15) is 11.5 Å². The number of thioether (sulfide) groups is 2. The molecule has 0 aliphatic carbocycles. The van der Waals surface area contributed by atoms with Gasteiger partial charge in [-0.3, -0.25) is 9.79 Å². The van der Waals surface area contributed by atoms with E-state index in [4.69, 9.17) is 9.47 Å². The zero-order chi connectivity index (χ0) is 21.5. The summed E-state index contributed by atoms with van der Waals surface area (Å²) < 4.78 is 13.4. The van der Waals surface area contributed by atoms with E-state index in [2.05, 4.69) is 34.4 Å². The molecular weight excluding hydrogens is 422 g/mol. The van der Waals surface area contributed by atoms with Crippen LogP contribution in [0, 0.1) is 5.92 Å². The van der Waals surface area contributed by atoms with Crippen LogP contribution in [0.15, 0.2) is 34.4 Å². The number of rotatable bonds is 9. The summed E-state index contributed by atoms with van der Waals surface area (Å²) >= 11 is 2.93. The smallest absolute Gasteiger partial charge is 0.236 e. The van der Waals surface area contributed by atoms with E-state index in [0.717, 1.165) is 30.4 Å². The normalized spacial score (nSPS) is 14.5. The van der Waals surface area contributed by atoms with Gasteiger partial charge in [0.15, 0.2) is 22.3 Å². The van der Waals surface area contributed by atoms with Crippen LogP contribution in [0.4, 0.5) is 0 Å². The molecule has 0 spiro atoms. The highest BCUT2D eigenvalue weighted by Gasteiger charge is 2.21. The SMILES string of the molecule is COc1cccc(OC(C)c2nnc(SCC(=O)NC3=NCCS3)n2CC(C)C)c1. The molecule has 2 heterocycles. The Labute approximate surface area is 185 Å². The van der Waals surface area contributed by atoms with Crippen molar-refractivity contribution in [3.8, 4) is 11.5 Å². The number of methoxy groups -OCH3 is 1. The fraction of sp³-hybridized carbons (Fsp3) is 0.500. The number of amidine groups is 1. The Balaban J connectivity index is 1.69. The minimum Gasteiger partial charge on any atom is -0.497 e. The number of aliphatic imine (C=N–C) groups is 1. The Morgan fingerprint density at radius 1 is 1.30 bits per heavy atom. The lowest BCUT2D eigenvalue weighted by Crippen LogP contribution is -2.29. The first kappa shape index (κ1) is 22.5. The summed E-state index contributed by atoms with van der Waals surface area (Å²) in [4.78, 5) is 16.5. The van der Waals surface area contributed by atoms with Gasteiger partial charge in [-0.25, -0.2) is 0 Å². The number of hydrogen-bond donors (Lipinski definition) is 1. The van der Waals surface area contributed by atoms with Crippen molar-refractivity contribution in [2.75, 3.05) is 25.2 Å². The van der Waals surface area contributed by atoms with Crippen molar-refractivity contribution in [2.45, 2.75) is 38.6 Å². The van der Waals surface area contributed by atoms with Crippen LogP contribution >= 0.6 is 23.5 Å². The number of ether oxygens (including phenoxy) is 2. The van der Waals surface area contributed by atoms with Crippen molar-refractivity contribution in [3.05, 3.63) is 30.1 Å². The maximum Gasteiger partial charge on any atom is 0.236 e. The summed E-state index contributed by atoms with van der Waals surface area (Å²) in [5, 5.41) is 12.9. The molecular formula is C20H27N5O3S2. The van der Waals surface area contributed by atoms with E-state index < -0.39 is 0 Å². The van der Waals surface area contributed by atoms with E-state index in [9.17, 15) is 4.79 Å². The summed E-state index contributed by atoms with van der Waals surface area (Å²) in [6.07, 6.45) is -0.309. The maximum atomic E-state index is 12.2. The molecule has 1 aromatic heterocycles. The van der Waals surface area contributed by atoms with Crippen molar-refractivity contribution in [1.82, 2.24) is 20.1 Å². The zero-order valence-corrected chi connectivity index (χ0v) is 19.3. The van der Waals surface area contributed by atoms with Gasteiger partial charge in [-0.1, -0.05) is 43.4 Å². The number of nitrogens with zero attached hydrogens (tertiary/aromatic N) is 4. The van der Waals surface area contributed by atoms with Crippen LogP contribution in [0.1, 0.15) is 32.7 Å². The second kappa shape index (κ2) is 10.7. The van der Waals surface area contributed by atoms with Gasteiger partial charge in [-0.05, 0) is 25.0 Å². The van der Waals surface area contributed by atoms with Crippen molar-refractivity contribution in [2.24, 2.45) is 10.9 Å². The monoisotopic (exact) mass is 449 g/mol. The summed E-state index contributed by atoms with van der Waals surface area (Å²) in [7, 11) is 1.62. The third kappa shape index (κ3) is 6.15. The van der Waals surface area contributed by atoms with E-state index in [1.54, 1.807) is 18.9 Å². The summed E-state index contributed by atoms with van der Waals surface area (Å²) in [5.74, 6) is 3.63. The molecule has 2 aromatic rings. The first-order valence-electron chi connectivity index (χ1n) is 9.80. The number of carbonyl (C=O) groups excluding carboxylic acids is 1. The van der Waals surface area contributed by atoms with Crippen molar-refractivity contribution in [3.63, 3.8) is 0 Å². The molecule has 1 amide bonds. The lowest BCUT2D eigenvalue weighted by Gasteiger charge is -2.18. The number of carbonyl (C=O) groups is 1. The molecule has 10 heteroatoms. The molecule has 3 rings (SSSR count). The van der Waals surface area contributed by atoms with Gasteiger partial charge in [-0.2, -0.15) is 0 Å². The molecule has 1 unspecified atom stereocenters. The van der Waals surface area contributed by atoms with Crippen molar-refractivity contribution < 1.29 is 14.3 Å². The number of hydrogen-bond acceptors (Lipinski definition) is 8. The molecule has 1 aliphatic rings. The van der Waals surface area contributed by atoms with Crippen LogP contribution in [0.2, 0.25) is 0 Å². The third-order valence-electron chi connectivity index (χ3n) is 4.18. The van der Waals surface area contributed by atoms with Crippen LogP contribution in [0.5, 0.6) is 11.5 Å². The summed E-state index contributed by atoms with van der Waals surface area (Å²) in [6, 6.07) is 7.47. The average Bonchev–Trinajstić information content (AvgIpc) is 3.36. The van der Waals surface area contributed by atoms with Crippen LogP contribution < -0.4 is 14.8 Å². The number of amides is 1. The fourth-order valence-corrected chi connectivity index (χ4v) is 4.37. The molecule has 1 N–H and O–H groups in total. The first-order valence-corrected chi connectivity index (χ1v) is 11.8. The second-order valence-electron chi connectivity index (χ2n) is 7.16. The Bertz CT molecular complexity index is 900. The van der Waals surface area contributed by atoms with Gasteiger partial charge in [0.05, 0.1) is 19.4 Å². The number of benzene rings is 1. The number of aromatic nitrogens is 3. The highest BCUT2D eigenvalue weighted by molar-refractivity contribution is 8.14. The molecule has 1 atom stereocenters. The Morgan fingerprint density at radius 3 is 2.80 bits per heavy atom. The van der Waals surface area contributed by atoms with E-state index in [0.29, 0.717) is 22.0 Å². The molecule has 0 saturated carbocycles. The molecule has 0 saturated heterocycles. The zero-order valence-electron chi connectivity index (χ0n) is 17.6. The predicted molar refractivity (Wildman–Crippen MR) is 121 cm³/mol. The molecule has 0 bridgehead atoms. The minimum atomic E-state index is -0.309. The quantitative estimate of drug-likeness (QED) is 0.587. The van der Waals surface area contributed by atoms with Crippen LogP contribution in [0.3, 0.4) is 0 Å². The topological polar surface area (TPSA) is 90.6 Å². The van der Waals surface area contributed by atoms with Crippen molar-refractivity contribution >= 4 is 34.6 Å². The van der Waals surface area contributed by atoms with Crippen LogP contribution in [-0.4, -0.2) is 51.0 Å². The third-order valence-corrected chi connectivity index (χ3v) is 6.03. The van der Waals surface area contributed by atoms with Crippen LogP contribution in [0.25, 0.3) is 0 Å². The number of nitrogens with one attached hydrogen (secondary N) is 1. The molecule has 162 valence electrons. The Kier molecular flexibility index (Phi) is 8.03. The van der Waals surface area contributed by atoms with E-state index in [-0.39, 0.29) is 17.8 Å². The minimum absolute atomic E-state index is 0.0884. The molecule has 0 fully saturated rings. The first-order chi connectivity index (χ1) is 14.5. The van der Waals surface area contributed by atoms with Gasteiger partial charge < -0.3 is 19.4 Å². The highest BCUT2D eigenvalue weighted by atomic mass is 32.2. The molecule has 1 aromatic carbocycles. The standard InChI is InChI=1S/C20H27N5O3S2/c1-13(2)11-25-18(14(3)28-16-7-5-6-15(10-16)27-4)23-24-20(25)30-12-17(26)22-19-21-8-9-29-19/h5-7,10,13-14H,8-9,11-12H2,1-4H3,(H,21,22,26). The summed E-state index contributed by atoms with van der Waals surface area (Å²) in [5.41, 5.74) is 0. The predicted octanol–water partition coefficient (Wildman–Crippen LogP) is 3.39. The van der Waals surface area contributed by atoms with Gasteiger partial charge in [0.2, 0.25) is 5.91 Å². The molecule has 8 nitrogen and oxygen atoms in total.